The van der Waals surface area contributed by atoms with Crippen molar-refractivity contribution < 1.29 is 4.79 Å². The minimum Gasteiger partial charge on any atom is -0.355 e. The van der Waals surface area contributed by atoms with Gasteiger partial charge in [0.05, 0.1) is 0 Å². The average molecular weight is 433 g/mol. The third-order valence-electron chi connectivity index (χ3n) is 6.36. The predicted molar refractivity (Wildman–Crippen MR) is 120 cm³/mol. The summed E-state index contributed by atoms with van der Waals surface area (Å²) in [6.07, 6.45) is 9.00. The molecular weight excluding hydrogens is 404 g/mol. The minimum absolute atomic E-state index is 0.104. The summed E-state index contributed by atoms with van der Waals surface area (Å²) in [5, 5.41) is 12.8. The molecule has 0 aromatic carbocycles. The lowest BCUT2D eigenvalue weighted by atomic mass is 9.95. The second kappa shape index (κ2) is 9.44. The Bertz CT molecular complexity index is 992. The van der Waals surface area contributed by atoms with Crippen molar-refractivity contribution in [1.29, 1.82) is 0 Å². The molecule has 9 nitrogen and oxygen atoms in total. The first-order valence-corrected chi connectivity index (χ1v) is 11.2. The lowest BCUT2D eigenvalue weighted by molar-refractivity contribution is -0.138. The SMILES string of the molecule is O=C(C1CCN(c2ccc(-n3cccn3)nn2)CC1)N1CCN(Cc2cccnc2)CC1. The van der Waals surface area contributed by atoms with Crippen LogP contribution in [0, 0.1) is 5.92 Å². The molecule has 3 aromatic heterocycles. The molecule has 3 aromatic rings. The molecule has 5 heterocycles. The fourth-order valence-corrected chi connectivity index (χ4v) is 4.50. The van der Waals surface area contributed by atoms with Gasteiger partial charge in [-0.25, -0.2) is 4.68 Å². The van der Waals surface area contributed by atoms with Gasteiger partial charge in [-0.2, -0.15) is 5.10 Å². The van der Waals surface area contributed by atoms with Gasteiger partial charge in [-0.3, -0.25) is 14.7 Å². The molecule has 2 aliphatic heterocycles. The number of anilines is 1. The number of piperidine rings is 1. The van der Waals surface area contributed by atoms with Crippen LogP contribution in [0.5, 0.6) is 0 Å². The Kier molecular flexibility index (Phi) is 6.06. The third-order valence-corrected chi connectivity index (χ3v) is 6.36. The van der Waals surface area contributed by atoms with Crippen LogP contribution in [0.4, 0.5) is 5.82 Å². The number of carbonyl (C=O) groups is 1. The van der Waals surface area contributed by atoms with E-state index < -0.39 is 0 Å². The molecule has 166 valence electrons. The largest absolute Gasteiger partial charge is 0.355 e. The molecular formula is C23H28N8O. The maximum Gasteiger partial charge on any atom is 0.225 e. The molecule has 32 heavy (non-hydrogen) atoms. The number of aromatic nitrogens is 5. The standard InChI is InChI=1S/C23H28N8O/c32-23(30-15-13-28(14-16-30)18-19-3-1-8-24-17-19)20-6-11-29(12-7-20)21-4-5-22(27-26-21)31-10-2-9-25-31/h1-5,8-10,17,20H,6-7,11-16,18H2. The normalized spacial score (nSPS) is 18.1. The Morgan fingerprint density at radius 1 is 0.906 bits per heavy atom. The lowest BCUT2D eigenvalue weighted by Crippen LogP contribution is -2.51. The van der Waals surface area contributed by atoms with Crippen LogP contribution in [0.2, 0.25) is 0 Å². The molecule has 5 rings (SSSR count). The number of piperazine rings is 1. The topological polar surface area (TPSA) is 83.3 Å². The maximum absolute atomic E-state index is 13.1. The van der Waals surface area contributed by atoms with Crippen LogP contribution >= 0.6 is 0 Å². The van der Waals surface area contributed by atoms with Gasteiger partial charge in [-0.15, -0.1) is 10.2 Å². The summed E-state index contributed by atoms with van der Waals surface area (Å²) in [4.78, 5) is 23.9. The number of carbonyl (C=O) groups excluding carboxylic acids is 1. The molecule has 2 saturated heterocycles. The van der Waals surface area contributed by atoms with Crippen molar-refractivity contribution in [1.82, 2.24) is 34.8 Å². The summed E-state index contributed by atoms with van der Waals surface area (Å²) < 4.78 is 1.69. The van der Waals surface area contributed by atoms with E-state index in [0.29, 0.717) is 11.7 Å². The van der Waals surface area contributed by atoms with Gasteiger partial charge < -0.3 is 9.80 Å². The second-order valence-electron chi connectivity index (χ2n) is 8.42. The Balaban J connectivity index is 1.09. The molecule has 0 spiro atoms. The van der Waals surface area contributed by atoms with Crippen LogP contribution in [0.15, 0.2) is 55.1 Å². The number of pyridine rings is 1. The van der Waals surface area contributed by atoms with Crippen molar-refractivity contribution in [2.24, 2.45) is 5.92 Å². The zero-order valence-corrected chi connectivity index (χ0v) is 18.1. The second-order valence-corrected chi connectivity index (χ2v) is 8.42. The quantitative estimate of drug-likeness (QED) is 0.606. The first kappa shape index (κ1) is 20.6. The van der Waals surface area contributed by atoms with E-state index in [4.69, 9.17) is 0 Å². The molecule has 2 fully saturated rings. The van der Waals surface area contributed by atoms with Crippen molar-refractivity contribution in [3.63, 3.8) is 0 Å². The third kappa shape index (κ3) is 4.62. The van der Waals surface area contributed by atoms with Crippen molar-refractivity contribution in [3.05, 3.63) is 60.7 Å². The van der Waals surface area contributed by atoms with Gasteiger partial charge in [0.2, 0.25) is 5.91 Å². The highest BCUT2D eigenvalue weighted by Gasteiger charge is 2.30. The first-order valence-electron chi connectivity index (χ1n) is 11.2. The fourth-order valence-electron chi connectivity index (χ4n) is 4.50. The van der Waals surface area contributed by atoms with Crippen molar-refractivity contribution >= 4 is 11.7 Å². The highest BCUT2D eigenvalue weighted by atomic mass is 16.2. The van der Waals surface area contributed by atoms with Crippen molar-refractivity contribution in [2.75, 3.05) is 44.2 Å². The molecule has 0 atom stereocenters. The monoisotopic (exact) mass is 432 g/mol. The molecule has 0 bridgehead atoms. The molecule has 2 aliphatic rings. The summed E-state index contributed by atoms with van der Waals surface area (Å²) in [6.45, 7) is 5.99. The maximum atomic E-state index is 13.1. The van der Waals surface area contributed by atoms with E-state index in [1.54, 1.807) is 17.1 Å². The van der Waals surface area contributed by atoms with Crippen LogP contribution in [0.3, 0.4) is 0 Å². The summed E-state index contributed by atoms with van der Waals surface area (Å²) in [5.74, 6) is 1.97. The van der Waals surface area contributed by atoms with Gasteiger partial charge in [0.25, 0.3) is 0 Å². The van der Waals surface area contributed by atoms with Gasteiger partial charge in [0.1, 0.15) is 0 Å². The van der Waals surface area contributed by atoms with Gasteiger partial charge in [0, 0.05) is 76.5 Å². The number of hydrogen-bond donors (Lipinski definition) is 0. The molecule has 0 unspecified atom stereocenters. The van der Waals surface area contributed by atoms with Crippen molar-refractivity contribution in [2.45, 2.75) is 19.4 Å². The summed E-state index contributed by atoms with van der Waals surface area (Å²) in [6, 6.07) is 9.84. The smallest absolute Gasteiger partial charge is 0.225 e. The molecule has 9 heteroatoms. The fraction of sp³-hybridized carbons (Fsp3) is 0.435. The average Bonchev–Trinajstić information content (AvgIpc) is 3.40. The van der Waals surface area contributed by atoms with Crippen LogP contribution < -0.4 is 4.90 Å². The van der Waals surface area contributed by atoms with Gasteiger partial charge in [0.15, 0.2) is 11.6 Å². The predicted octanol–water partition coefficient (Wildman–Crippen LogP) is 1.62. The Labute approximate surface area is 187 Å². The Morgan fingerprint density at radius 3 is 2.34 bits per heavy atom. The number of hydrogen-bond acceptors (Lipinski definition) is 7. The van der Waals surface area contributed by atoms with E-state index in [1.165, 1.54) is 5.56 Å². The highest BCUT2D eigenvalue weighted by Crippen LogP contribution is 2.24. The van der Waals surface area contributed by atoms with Crippen LogP contribution in [0.25, 0.3) is 5.82 Å². The molecule has 1 amide bonds. The molecule has 0 N–H and O–H groups in total. The summed E-state index contributed by atoms with van der Waals surface area (Å²) in [7, 11) is 0. The van der Waals surface area contributed by atoms with Crippen molar-refractivity contribution in [3.8, 4) is 5.82 Å². The van der Waals surface area contributed by atoms with Crippen LogP contribution in [-0.4, -0.2) is 79.9 Å². The molecule has 0 saturated carbocycles. The number of rotatable bonds is 5. The highest BCUT2D eigenvalue weighted by molar-refractivity contribution is 5.79. The van der Waals surface area contributed by atoms with Gasteiger partial charge >= 0.3 is 0 Å². The van der Waals surface area contributed by atoms with E-state index in [-0.39, 0.29) is 5.92 Å². The number of amides is 1. The van der Waals surface area contributed by atoms with Gasteiger partial charge in [-0.1, -0.05) is 6.07 Å². The van der Waals surface area contributed by atoms with Crippen LogP contribution in [0.1, 0.15) is 18.4 Å². The zero-order valence-electron chi connectivity index (χ0n) is 18.1. The Morgan fingerprint density at radius 2 is 1.69 bits per heavy atom. The summed E-state index contributed by atoms with van der Waals surface area (Å²) >= 11 is 0. The molecule has 0 aliphatic carbocycles. The van der Waals surface area contributed by atoms with E-state index >= 15 is 0 Å². The number of nitrogens with zero attached hydrogens (tertiary/aromatic N) is 8. The van der Waals surface area contributed by atoms with Gasteiger partial charge in [-0.05, 0) is 42.7 Å². The zero-order chi connectivity index (χ0) is 21.8. The first-order chi connectivity index (χ1) is 15.8. The van der Waals surface area contributed by atoms with E-state index in [0.717, 1.165) is 64.5 Å². The van der Waals surface area contributed by atoms with E-state index in [1.807, 2.05) is 36.7 Å². The Hall–Kier alpha value is -3.33. The summed E-state index contributed by atoms with van der Waals surface area (Å²) in [5.41, 5.74) is 1.22. The van der Waals surface area contributed by atoms with E-state index in [2.05, 4.69) is 41.0 Å². The minimum atomic E-state index is 0.104. The van der Waals surface area contributed by atoms with Crippen LogP contribution in [-0.2, 0) is 11.3 Å². The van der Waals surface area contributed by atoms with E-state index in [9.17, 15) is 4.79 Å². The lowest BCUT2D eigenvalue weighted by Gasteiger charge is -2.38. The molecule has 0 radical (unpaired) electrons.